The smallest absolute Gasteiger partial charge is 0.345 e. The standard InChI is InChI=1S/C15H29N5O5/c1-9(2)8-10(16)11(21)20(7-5-4-6-19-14(17)18)12(22)15(3,25)13(23)24/h9-10,25H,4-8,16H2,1-3H3,(H,23,24)(H4,17,18,19)/t10-,15?/m0/s1. The number of nitrogens with one attached hydrogen (secondary N) is 2. The van der Waals surface area contributed by atoms with Crippen LogP contribution in [0.4, 0.5) is 0 Å². The summed E-state index contributed by atoms with van der Waals surface area (Å²) in [5.41, 5.74) is 8.25. The lowest BCUT2D eigenvalue weighted by atomic mass is 10.0. The topological polar surface area (TPSA) is 183 Å². The Morgan fingerprint density at radius 2 is 1.84 bits per heavy atom. The molecule has 0 aromatic rings. The van der Waals surface area contributed by atoms with E-state index in [-0.39, 0.29) is 18.4 Å². The number of aliphatic hydroxyl groups is 1. The summed E-state index contributed by atoms with van der Waals surface area (Å²) in [7, 11) is 0. The fourth-order valence-electron chi connectivity index (χ4n) is 2.09. The van der Waals surface area contributed by atoms with E-state index in [1.807, 2.05) is 13.8 Å². The number of guanidine groups is 1. The molecule has 10 heteroatoms. The number of carboxylic acid groups (broad SMARTS) is 1. The van der Waals surface area contributed by atoms with Crippen molar-refractivity contribution in [2.45, 2.75) is 51.7 Å². The second kappa shape index (κ2) is 9.94. The van der Waals surface area contributed by atoms with Gasteiger partial charge in [0.25, 0.3) is 5.91 Å². The van der Waals surface area contributed by atoms with Gasteiger partial charge in [-0.15, -0.1) is 0 Å². The van der Waals surface area contributed by atoms with Crippen LogP contribution in [-0.4, -0.2) is 63.6 Å². The fraction of sp³-hybridized carbons (Fsp3) is 0.733. The van der Waals surface area contributed by atoms with Crippen LogP contribution >= 0.6 is 0 Å². The van der Waals surface area contributed by atoms with Gasteiger partial charge in [-0.3, -0.25) is 19.9 Å². The van der Waals surface area contributed by atoms with E-state index < -0.39 is 29.4 Å². The van der Waals surface area contributed by atoms with Gasteiger partial charge in [-0.25, -0.2) is 4.79 Å². The molecule has 0 aromatic carbocycles. The first-order valence-electron chi connectivity index (χ1n) is 8.06. The van der Waals surface area contributed by atoms with Crippen LogP contribution in [0.3, 0.4) is 0 Å². The minimum atomic E-state index is -2.72. The number of carboxylic acids is 1. The molecule has 0 aliphatic rings. The number of amides is 2. The highest BCUT2D eigenvalue weighted by atomic mass is 16.4. The lowest BCUT2D eigenvalue weighted by Gasteiger charge is -2.29. The zero-order chi connectivity index (χ0) is 19.8. The molecule has 0 saturated carbocycles. The van der Waals surface area contributed by atoms with Gasteiger partial charge in [0.15, 0.2) is 5.96 Å². The molecule has 0 aromatic heterocycles. The van der Waals surface area contributed by atoms with E-state index in [0.29, 0.717) is 30.7 Å². The first-order chi connectivity index (χ1) is 11.4. The number of aliphatic carboxylic acids is 1. The van der Waals surface area contributed by atoms with Gasteiger partial charge < -0.3 is 27.0 Å². The molecule has 0 aliphatic carbocycles. The van der Waals surface area contributed by atoms with Crippen molar-refractivity contribution in [2.75, 3.05) is 13.1 Å². The van der Waals surface area contributed by atoms with Gasteiger partial charge in [-0.05, 0) is 32.1 Å². The van der Waals surface area contributed by atoms with Crippen LogP contribution in [0, 0.1) is 11.3 Å². The van der Waals surface area contributed by atoms with Crippen molar-refractivity contribution >= 4 is 23.7 Å². The number of rotatable bonds is 10. The molecule has 10 nitrogen and oxygen atoms in total. The first kappa shape index (κ1) is 22.8. The number of unbranched alkanes of at least 4 members (excludes halogenated alkanes) is 1. The quantitative estimate of drug-likeness (QED) is 0.122. The van der Waals surface area contributed by atoms with Crippen LogP contribution in [0.15, 0.2) is 0 Å². The molecule has 0 bridgehead atoms. The lowest BCUT2D eigenvalue weighted by molar-refractivity contribution is -0.171. The van der Waals surface area contributed by atoms with Crippen molar-refractivity contribution < 1.29 is 24.6 Å². The maximum Gasteiger partial charge on any atom is 0.345 e. The minimum Gasteiger partial charge on any atom is -0.479 e. The predicted octanol–water partition coefficient (Wildman–Crippen LogP) is -1.19. The third-order valence-electron chi connectivity index (χ3n) is 3.51. The van der Waals surface area contributed by atoms with Crippen LogP contribution in [0.5, 0.6) is 0 Å². The van der Waals surface area contributed by atoms with Crippen molar-refractivity contribution in [1.82, 2.24) is 10.2 Å². The van der Waals surface area contributed by atoms with E-state index in [9.17, 15) is 19.5 Å². The first-order valence-corrected chi connectivity index (χ1v) is 8.06. The largest absolute Gasteiger partial charge is 0.479 e. The molecule has 0 radical (unpaired) electrons. The Morgan fingerprint density at radius 1 is 1.28 bits per heavy atom. The van der Waals surface area contributed by atoms with Crippen LogP contribution in [0.1, 0.15) is 40.0 Å². The highest BCUT2D eigenvalue weighted by Crippen LogP contribution is 2.14. The van der Waals surface area contributed by atoms with E-state index >= 15 is 0 Å². The van der Waals surface area contributed by atoms with E-state index in [0.717, 1.165) is 6.92 Å². The Bertz CT molecular complexity index is 507. The average Bonchev–Trinajstić information content (AvgIpc) is 2.48. The summed E-state index contributed by atoms with van der Waals surface area (Å²) in [6, 6.07) is -0.969. The molecule has 2 amide bonds. The summed E-state index contributed by atoms with van der Waals surface area (Å²) < 4.78 is 0. The van der Waals surface area contributed by atoms with Crippen molar-refractivity contribution in [3.8, 4) is 0 Å². The highest BCUT2D eigenvalue weighted by Gasteiger charge is 2.44. The highest BCUT2D eigenvalue weighted by molar-refractivity contribution is 6.11. The normalized spacial score (nSPS) is 14.5. The number of carbonyl (C=O) groups excluding carboxylic acids is 2. The SMILES string of the molecule is CC(C)C[C@H](N)C(=O)N(CCCCNC(=N)N)C(=O)C(C)(O)C(=O)O. The Morgan fingerprint density at radius 3 is 2.28 bits per heavy atom. The molecule has 0 heterocycles. The Balaban J connectivity index is 5.11. The van der Waals surface area contributed by atoms with Crippen LogP contribution in [0.2, 0.25) is 0 Å². The average molecular weight is 359 g/mol. The Kier molecular flexibility index (Phi) is 9.07. The third-order valence-corrected chi connectivity index (χ3v) is 3.51. The van der Waals surface area contributed by atoms with Gasteiger partial charge in [0.2, 0.25) is 11.5 Å². The van der Waals surface area contributed by atoms with E-state index in [4.69, 9.17) is 22.0 Å². The van der Waals surface area contributed by atoms with Crippen LogP contribution < -0.4 is 16.8 Å². The molecule has 1 unspecified atom stereocenters. The van der Waals surface area contributed by atoms with Gasteiger partial charge in [0.05, 0.1) is 6.04 Å². The third kappa shape index (κ3) is 7.48. The predicted molar refractivity (Wildman–Crippen MR) is 91.6 cm³/mol. The van der Waals surface area contributed by atoms with Crippen molar-refractivity contribution in [3.05, 3.63) is 0 Å². The van der Waals surface area contributed by atoms with Crippen molar-refractivity contribution in [1.29, 1.82) is 5.41 Å². The monoisotopic (exact) mass is 359 g/mol. The molecule has 0 spiro atoms. The molecule has 0 aliphatic heterocycles. The molecular weight excluding hydrogens is 330 g/mol. The van der Waals surface area contributed by atoms with Crippen LogP contribution in [0.25, 0.3) is 0 Å². The summed E-state index contributed by atoms with van der Waals surface area (Å²) in [4.78, 5) is 36.6. The summed E-state index contributed by atoms with van der Waals surface area (Å²) in [6.07, 6.45) is 1.14. The summed E-state index contributed by atoms with van der Waals surface area (Å²) >= 11 is 0. The Labute approximate surface area is 147 Å². The number of hydrogen-bond donors (Lipinski definition) is 6. The number of carbonyl (C=O) groups is 3. The maximum absolute atomic E-state index is 12.5. The van der Waals surface area contributed by atoms with Crippen molar-refractivity contribution in [2.24, 2.45) is 17.4 Å². The molecule has 144 valence electrons. The van der Waals surface area contributed by atoms with Crippen LogP contribution in [-0.2, 0) is 14.4 Å². The van der Waals surface area contributed by atoms with E-state index in [1.54, 1.807) is 0 Å². The zero-order valence-corrected chi connectivity index (χ0v) is 14.9. The molecule has 0 fully saturated rings. The number of hydrogen-bond acceptors (Lipinski definition) is 6. The number of nitrogens with zero attached hydrogens (tertiary/aromatic N) is 1. The molecular formula is C15H29N5O5. The van der Waals surface area contributed by atoms with Gasteiger partial charge >= 0.3 is 5.97 Å². The lowest BCUT2D eigenvalue weighted by Crippen LogP contribution is -2.57. The molecule has 0 rings (SSSR count). The number of imide groups is 1. The molecule has 25 heavy (non-hydrogen) atoms. The van der Waals surface area contributed by atoms with Gasteiger partial charge in [-0.1, -0.05) is 13.8 Å². The zero-order valence-electron chi connectivity index (χ0n) is 14.9. The van der Waals surface area contributed by atoms with Gasteiger partial charge in [0.1, 0.15) is 0 Å². The van der Waals surface area contributed by atoms with Crippen molar-refractivity contribution in [3.63, 3.8) is 0 Å². The second-order valence-electron chi connectivity index (χ2n) is 6.46. The molecule has 2 atom stereocenters. The van der Waals surface area contributed by atoms with Gasteiger partial charge in [-0.2, -0.15) is 0 Å². The fourth-order valence-corrected chi connectivity index (χ4v) is 2.09. The molecule has 8 N–H and O–H groups in total. The summed E-state index contributed by atoms with van der Waals surface area (Å²) in [5, 5.41) is 28.5. The van der Waals surface area contributed by atoms with E-state index in [2.05, 4.69) is 5.32 Å². The maximum atomic E-state index is 12.5. The Hall–Kier alpha value is -2.20. The van der Waals surface area contributed by atoms with Gasteiger partial charge in [0, 0.05) is 13.1 Å². The summed E-state index contributed by atoms with van der Waals surface area (Å²) in [5.74, 6) is -3.78. The molecule has 0 saturated heterocycles. The van der Waals surface area contributed by atoms with E-state index in [1.165, 1.54) is 0 Å². The summed E-state index contributed by atoms with van der Waals surface area (Å²) in [6.45, 7) is 4.81. The number of nitrogens with two attached hydrogens (primary N) is 2. The minimum absolute atomic E-state index is 0.0908. The second-order valence-corrected chi connectivity index (χ2v) is 6.46.